The van der Waals surface area contributed by atoms with Crippen molar-refractivity contribution in [3.8, 4) is 11.5 Å². The highest BCUT2D eigenvalue weighted by Gasteiger charge is 2.36. The molecule has 0 saturated heterocycles. The summed E-state index contributed by atoms with van der Waals surface area (Å²) < 4.78 is 40.5. The van der Waals surface area contributed by atoms with Gasteiger partial charge in [0, 0.05) is 25.1 Å². The number of benzene rings is 4. The highest BCUT2D eigenvalue weighted by Crippen LogP contribution is 2.34. The summed E-state index contributed by atoms with van der Waals surface area (Å²) in [6, 6.07) is 29.2. The fourth-order valence-electron chi connectivity index (χ4n) is 6.16. The summed E-state index contributed by atoms with van der Waals surface area (Å²) >= 11 is 0. The average Bonchev–Trinajstić information content (AvgIpc) is 3.62. The van der Waals surface area contributed by atoms with Crippen molar-refractivity contribution < 1.29 is 27.5 Å². The lowest BCUT2D eigenvalue weighted by Crippen LogP contribution is -2.54. The van der Waals surface area contributed by atoms with Crippen molar-refractivity contribution in [3.05, 3.63) is 120 Å². The number of carbonyl (C=O) groups is 2. The van der Waals surface area contributed by atoms with Crippen LogP contribution in [0.1, 0.15) is 42.4 Å². The molecule has 0 aromatic heterocycles. The molecule has 48 heavy (non-hydrogen) atoms. The molecule has 5 rings (SSSR count). The number of amides is 2. The number of methoxy groups -OCH3 is 2. The maximum absolute atomic E-state index is 14.7. The Morgan fingerprint density at radius 2 is 1.46 bits per heavy atom. The topological polar surface area (TPSA) is 105 Å². The SMILES string of the molecule is COc1ccc(N(CC(=O)N(Cc2cccc(C)c2)C(Cc2ccccc2)C(=O)NC2CCCC2)S(=O)(=O)c2ccccc2)cc1OC. The average molecular weight is 670 g/mol. The Morgan fingerprint density at radius 3 is 2.10 bits per heavy atom. The van der Waals surface area contributed by atoms with Crippen molar-refractivity contribution in [1.29, 1.82) is 0 Å². The van der Waals surface area contributed by atoms with Crippen LogP contribution in [0.25, 0.3) is 0 Å². The van der Waals surface area contributed by atoms with E-state index in [9.17, 15) is 18.0 Å². The minimum absolute atomic E-state index is 0.0256. The van der Waals surface area contributed by atoms with Crippen molar-refractivity contribution in [3.63, 3.8) is 0 Å². The van der Waals surface area contributed by atoms with Crippen LogP contribution in [-0.2, 0) is 32.6 Å². The molecule has 1 atom stereocenters. The first-order chi connectivity index (χ1) is 23.2. The zero-order valence-electron chi connectivity index (χ0n) is 27.7. The van der Waals surface area contributed by atoms with Gasteiger partial charge in [-0.2, -0.15) is 0 Å². The van der Waals surface area contributed by atoms with E-state index < -0.39 is 28.5 Å². The number of hydrogen-bond acceptors (Lipinski definition) is 6. The summed E-state index contributed by atoms with van der Waals surface area (Å²) in [6.45, 7) is 1.52. The lowest BCUT2D eigenvalue weighted by atomic mass is 10.0. The van der Waals surface area contributed by atoms with E-state index in [1.54, 1.807) is 30.3 Å². The third-order valence-electron chi connectivity index (χ3n) is 8.67. The molecule has 4 aromatic carbocycles. The second kappa shape index (κ2) is 15.8. The van der Waals surface area contributed by atoms with Crippen LogP contribution in [0.4, 0.5) is 5.69 Å². The molecule has 1 N–H and O–H groups in total. The van der Waals surface area contributed by atoms with Crippen LogP contribution in [0, 0.1) is 6.92 Å². The summed E-state index contributed by atoms with van der Waals surface area (Å²) in [6.07, 6.45) is 4.12. The van der Waals surface area contributed by atoms with E-state index in [0.29, 0.717) is 11.5 Å². The number of sulfonamides is 1. The van der Waals surface area contributed by atoms with Crippen LogP contribution in [0.5, 0.6) is 11.5 Å². The number of nitrogens with one attached hydrogen (secondary N) is 1. The van der Waals surface area contributed by atoms with E-state index in [4.69, 9.17) is 9.47 Å². The zero-order valence-corrected chi connectivity index (χ0v) is 28.5. The van der Waals surface area contributed by atoms with E-state index in [1.165, 1.54) is 37.3 Å². The summed E-state index contributed by atoms with van der Waals surface area (Å²) in [7, 11) is -1.29. The number of hydrogen-bond donors (Lipinski definition) is 1. The van der Waals surface area contributed by atoms with Gasteiger partial charge in [-0.05, 0) is 55.2 Å². The van der Waals surface area contributed by atoms with Crippen LogP contribution < -0.4 is 19.1 Å². The Kier molecular flexibility index (Phi) is 11.4. The van der Waals surface area contributed by atoms with Gasteiger partial charge in [-0.15, -0.1) is 0 Å². The molecule has 0 radical (unpaired) electrons. The largest absolute Gasteiger partial charge is 0.493 e. The van der Waals surface area contributed by atoms with Crippen LogP contribution in [0.3, 0.4) is 0 Å². The molecule has 252 valence electrons. The Balaban J connectivity index is 1.59. The van der Waals surface area contributed by atoms with Crippen molar-refractivity contribution >= 4 is 27.5 Å². The molecule has 0 spiro atoms. The number of aryl methyl sites for hydroxylation is 1. The van der Waals surface area contributed by atoms with E-state index >= 15 is 0 Å². The van der Waals surface area contributed by atoms with E-state index in [2.05, 4.69) is 5.32 Å². The molecule has 9 nitrogen and oxygen atoms in total. The van der Waals surface area contributed by atoms with Gasteiger partial charge in [0.05, 0.1) is 24.8 Å². The molecule has 1 aliphatic rings. The van der Waals surface area contributed by atoms with Gasteiger partial charge in [0.2, 0.25) is 11.8 Å². The maximum Gasteiger partial charge on any atom is 0.264 e. The van der Waals surface area contributed by atoms with Crippen LogP contribution in [-0.4, -0.2) is 58.0 Å². The maximum atomic E-state index is 14.7. The highest BCUT2D eigenvalue weighted by molar-refractivity contribution is 7.92. The molecule has 10 heteroatoms. The smallest absolute Gasteiger partial charge is 0.264 e. The molecule has 1 aliphatic carbocycles. The van der Waals surface area contributed by atoms with E-state index in [1.807, 2.05) is 61.5 Å². The van der Waals surface area contributed by atoms with Gasteiger partial charge >= 0.3 is 0 Å². The lowest BCUT2D eigenvalue weighted by Gasteiger charge is -2.34. The minimum Gasteiger partial charge on any atom is -0.493 e. The molecule has 4 aromatic rings. The molecule has 2 amide bonds. The number of anilines is 1. The van der Waals surface area contributed by atoms with Crippen LogP contribution in [0.15, 0.2) is 108 Å². The van der Waals surface area contributed by atoms with Crippen molar-refractivity contribution in [2.24, 2.45) is 0 Å². The fourth-order valence-corrected chi connectivity index (χ4v) is 7.58. The van der Waals surface area contributed by atoms with Crippen molar-refractivity contribution in [1.82, 2.24) is 10.2 Å². The summed E-state index contributed by atoms with van der Waals surface area (Å²) in [4.78, 5) is 30.5. The zero-order chi connectivity index (χ0) is 34.1. The number of ether oxygens (including phenoxy) is 2. The van der Waals surface area contributed by atoms with Gasteiger partial charge in [0.25, 0.3) is 10.0 Å². The highest BCUT2D eigenvalue weighted by atomic mass is 32.2. The van der Waals surface area contributed by atoms with Gasteiger partial charge in [-0.1, -0.05) is 91.2 Å². The molecular weight excluding hydrogens is 627 g/mol. The molecular formula is C38H43N3O6S. The Bertz CT molecular complexity index is 1790. The molecule has 1 unspecified atom stereocenters. The molecule has 0 bridgehead atoms. The predicted octanol–water partition coefficient (Wildman–Crippen LogP) is 5.91. The summed E-state index contributed by atoms with van der Waals surface area (Å²) in [5.74, 6) is -0.0499. The minimum atomic E-state index is -4.24. The molecule has 0 aliphatic heterocycles. The second-order valence-corrected chi connectivity index (χ2v) is 13.9. The van der Waals surface area contributed by atoms with Gasteiger partial charge in [-0.25, -0.2) is 8.42 Å². The Hall–Kier alpha value is -4.83. The monoisotopic (exact) mass is 669 g/mol. The first-order valence-corrected chi connectivity index (χ1v) is 17.6. The standard InChI is InChI=1S/C38H43N3O6S/c1-28-13-12-16-30(23-28)26-40(34(24-29-14-6-4-7-15-29)38(43)39-31-17-10-11-18-31)37(42)27-41(48(44,45)33-19-8-5-9-20-33)32-21-22-35(46-2)36(25-32)47-3/h4-9,12-16,19-23,25,31,34H,10-11,17-18,24,26-27H2,1-3H3,(H,39,43). The first kappa shape index (κ1) is 34.5. The number of nitrogens with zero attached hydrogens (tertiary/aromatic N) is 2. The van der Waals surface area contributed by atoms with Gasteiger partial charge in [0.15, 0.2) is 11.5 Å². The first-order valence-electron chi connectivity index (χ1n) is 16.2. The van der Waals surface area contributed by atoms with Gasteiger partial charge in [0.1, 0.15) is 12.6 Å². The Morgan fingerprint density at radius 1 is 0.812 bits per heavy atom. The summed E-state index contributed by atoms with van der Waals surface area (Å²) in [5.41, 5.74) is 2.95. The predicted molar refractivity (Wildman–Crippen MR) is 187 cm³/mol. The van der Waals surface area contributed by atoms with E-state index in [0.717, 1.165) is 46.7 Å². The second-order valence-electron chi connectivity index (χ2n) is 12.1. The van der Waals surface area contributed by atoms with Crippen molar-refractivity contribution in [2.75, 3.05) is 25.1 Å². The normalized spacial score (nSPS) is 13.8. The molecule has 1 saturated carbocycles. The molecule has 0 heterocycles. The Labute approximate surface area is 283 Å². The third kappa shape index (κ3) is 8.36. The van der Waals surface area contributed by atoms with E-state index in [-0.39, 0.29) is 35.5 Å². The lowest BCUT2D eigenvalue weighted by molar-refractivity contribution is -0.140. The van der Waals surface area contributed by atoms with Gasteiger partial charge in [-0.3, -0.25) is 13.9 Å². The fraction of sp³-hybridized carbons (Fsp3) is 0.316. The number of rotatable bonds is 14. The third-order valence-corrected chi connectivity index (χ3v) is 10.5. The van der Waals surface area contributed by atoms with Crippen molar-refractivity contribution in [2.45, 2.75) is 62.6 Å². The van der Waals surface area contributed by atoms with Gasteiger partial charge < -0.3 is 19.7 Å². The summed E-state index contributed by atoms with van der Waals surface area (Å²) in [5, 5.41) is 3.21. The quantitative estimate of drug-likeness (QED) is 0.179. The van der Waals surface area contributed by atoms with Crippen LogP contribution in [0.2, 0.25) is 0 Å². The van der Waals surface area contributed by atoms with Crippen LogP contribution >= 0.6 is 0 Å². The number of carbonyl (C=O) groups excluding carboxylic acids is 2. The molecule has 1 fully saturated rings.